The van der Waals surface area contributed by atoms with E-state index >= 15 is 0 Å². The Balaban J connectivity index is 2.78. The van der Waals surface area contributed by atoms with Crippen LogP contribution in [0.15, 0.2) is 12.1 Å². The Labute approximate surface area is 119 Å². The van der Waals surface area contributed by atoms with Gasteiger partial charge in [-0.15, -0.1) is 0 Å². The fourth-order valence-corrected chi connectivity index (χ4v) is 1.64. The number of carbonyl (C=O) groups is 2. The predicted octanol–water partition coefficient (Wildman–Crippen LogP) is 2.39. The second-order valence-corrected chi connectivity index (χ2v) is 4.13. The number of nitro groups is 1. The molecule has 0 unspecified atom stereocenters. The Morgan fingerprint density at radius 2 is 2.20 bits per heavy atom. The Morgan fingerprint density at radius 1 is 1.50 bits per heavy atom. The maximum atomic E-state index is 10.9. The first-order chi connectivity index (χ1) is 9.49. The lowest BCUT2D eigenvalue weighted by Crippen LogP contribution is -2.05. The molecule has 0 spiro atoms. The maximum Gasteiger partial charge on any atom is 0.305 e. The second kappa shape index (κ2) is 7.44. The summed E-state index contributed by atoms with van der Waals surface area (Å²) in [6.45, 7) is 0.119. The van der Waals surface area contributed by atoms with Crippen LogP contribution in [0.2, 0.25) is 5.02 Å². The quantitative estimate of drug-likeness (QED) is 0.252. The molecule has 108 valence electrons. The zero-order valence-corrected chi connectivity index (χ0v) is 11.4. The van der Waals surface area contributed by atoms with Crippen molar-refractivity contribution in [1.82, 2.24) is 0 Å². The summed E-state index contributed by atoms with van der Waals surface area (Å²) in [5.41, 5.74) is -0.316. The van der Waals surface area contributed by atoms with Gasteiger partial charge in [0, 0.05) is 18.1 Å². The van der Waals surface area contributed by atoms with Crippen molar-refractivity contribution in [2.24, 2.45) is 0 Å². The number of rotatable bonds is 7. The van der Waals surface area contributed by atoms with Crippen molar-refractivity contribution in [3.05, 3.63) is 32.8 Å². The molecule has 20 heavy (non-hydrogen) atoms. The van der Waals surface area contributed by atoms with E-state index in [1.807, 2.05) is 0 Å². The Kier molecular flexibility index (Phi) is 5.92. The Hall–Kier alpha value is -2.15. The first-order valence-electron chi connectivity index (χ1n) is 5.62. The van der Waals surface area contributed by atoms with Crippen molar-refractivity contribution in [2.45, 2.75) is 12.8 Å². The summed E-state index contributed by atoms with van der Waals surface area (Å²) in [6.07, 6.45) is 0.982. The molecule has 8 heteroatoms. The van der Waals surface area contributed by atoms with Gasteiger partial charge in [-0.2, -0.15) is 0 Å². The average molecular weight is 302 g/mol. The molecular weight excluding hydrogens is 290 g/mol. The van der Waals surface area contributed by atoms with Crippen molar-refractivity contribution in [1.29, 1.82) is 0 Å². The smallest absolute Gasteiger partial charge is 0.305 e. The molecule has 0 aromatic heterocycles. The summed E-state index contributed by atoms with van der Waals surface area (Å²) < 4.78 is 9.72. The van der Waals surface area contributed by atoms with Crippen LogP contribution in [0, 0.1) is 10.1 Å². The van der Waals surface area contributed by atoms with Crippen molar-refractivity contribution >= 4 is 29.5 Å². The highest BCUT2D eigenvalue weighted by atomic mass is 35.5. The third kappa shape index (κ3) is 4.20. The van der Waals surface area contributed by atoms with Crippen LogP contribution in [-0.2, 0) is 9.53 Å². The molecule has 0 aliphatic carbocycles. The second-order valence-electron chi connectivity index (χ2n) is 3.76. The van der Waals surface area contributed by atoms with Gasteiger partial charge in [-0.1, -0.05) is 11.6 Å². The summed E-state index contributed by atoms with van der Waals surface area (Å²) in [7, 11) is 1.27. The van der Waals surface area contributed by atoms with E-state index in [4.69, 9.17) is 16.3 Å². The average Bonchev–Trinajstić information content (AvgIpc) is 2.44. The van der Waals surface area contributed by atoms with E-state index in [2.05, 4.69) is 4.74 Å². The molecular formula is C12H12ClNO6. The molecule has 0 atom stereocenters. The van der Waals surface area contributed by atoms with Crippen LogP contribution < -0.4 is 4.74 Å². The minimum atomic E-state index is -0.698. The molecule has 0 fully saturated rings. The van der Waals surface area contributed by atoms with Gasteiger partial charge in [0.15, 0.2) is 5.02 Å². The van der Waals surface area contributed by atoms with Gasteiger partial charge in [-0.05, 0) is 12.5 Å². The lowest BCUT2D eigenvalue weighted by atomic mass is 10.2. The van der Waals surface area contributed by atoms with Gasteiger partial charge < -0.3 is 9.47 Å². The molecule has 0 N–H and O–H groups in total. The van der Waals surface area contributed by atoms with E-state index in [9.17, 15) is 19.7 Å². The molecule has 0 bridgehead atoms. The third-order valence-electron chi connectivity index (χ3n) is 2.39. The third-order valence-corrected chi connectivity index (χ3v) is 2.77. The first-order valence-corrected chi connectivity index (χ1v) is 6.00. The number of methoxy groups -OCH3 is 1. The number of aldehydes is 1. The number of esters is 1. The number of benzene rings is 1. The highest BCUT2D eigenvalue weighted by Crippen LogP contribution is 2.35. The van der Waals surface area contributed by atoms with E-state index in [-0.39, 0.29) is 35.3 Å². The molecule has 0 heterocycles. The van der Waals surface area contributed by atoms with E-state index in [0.717, 1.165) is 6.07 Å². The monoisotopic (exact) mass is 301 g/mol. The fraction of sp³-hybridized carbons (Fsp3) is 0.333. The van der Waals surface area contributed by atoms with Crippen LogP contribution in [0.25, 0.3) is 0 Å². The number of hydrogen-bond donors (Lipinski definition) is 0. The topological polar surface area (TPSA) is 95.7 Å². The normalized spacial score (nSPS) is 9.90. The van der Waals surface area contributed by atoms with Gasteiger partial charge >= 0.3 is 5.97 Å². The summed E-state index contributed by atoms with van der Waals surface area (Å²) in [5.74, 6) is -0.347. The van der Waals surface area contributed by atoms with Gasteiger partial charge in [-0.3, -0.25) is 19.7 Å². The number of nitro benzene ring substituents is 1. The summed E-state index contributed by atoms with van der Waals surface area (Å²) >= 11 is 5.83. The molecule has 1 aromatic rings. The van der Waals surface area contributed by atoms with Gasteiger partial charge in [0.1, 0.15) is 12.0 Å². The summed E-state index contributed by atoms with van der Waals surface area (Å²) in [5, 5.41) is 10.6. The lowest BCUT2D eigenvalue weighted by molar-refractivity contribution is -0.384. The zero-order valence-electron chi connectivity index (χ0n) is 10.6. The molecule has 1 rings (SSSR count). The first kappa shape index (κ1) is 15.9. The predicted molar refractivity (Wildman–Crippen MR) is 70.2 cm³/mol. The number of carbonyl (C=O) groups excluding carboxylic acids is 2. The number of ether oxygens (including phenoxy) is 2. The Morgan fingerprint density at radius 3 is 2.75 bits per heavy atom. The van der Waals surface area contributed by atoms with Crippen LogP contribution in [0.3, 0.4) is 0 Å². The standard InChI is InChI=1S/C12H12ClNO6/c1-19-11(16)3-2-4-20-10-6-8(7-15)5-9(12(10)13)14(17)18/h5-7H,2-4H2,1H3. The summed E-state index contributed by atoms with van der Waals surface area (Å²) in [6, 6.07) is 2.37. The minimum Gasteiger partial charge on any atom is -0.492 e. The molecule has 1 aromatic carbocycles. The van der Waals surface area contributed by atoms with E-state index in [1.165, 1.54) is 13.2 Å². The molecule has 0 radical (unpaired) electrons. The molecule has 7 nitrogen and oxygen atoms in total. The van der Waals surface area contributed by atoms with E-state index in [1.54, 1.807) is 0 Å². The zero-order chi connectivity index (χ0) is 15.1. The van der Waals surface area contributed by atoms with E-state index < -0.39 is 10.6 Å². The molecule has 0 saturated heterocycles. The molecule has 0 aliphatic heterocycles. The highest BCUT2D eigenvalue weighted by Gasteiger charge is 2.19. The van der Waals surface area contributed by atoms with E-state index in [0.29, 0.717) is 12.7 Å². The van der Waals surface area contributed by atoms with Crippen molar-refractivity contribution in [3.63, 3.8) is 0 Å². The largest absolute Gasteiger partial charge is 0.492 e. The lowest BCUT2D eigenvalue weighted by Gasteiger charge is -2.08. The number of halogens is 1. The molecule has 0 amide bonds. The molecule has 0 aliphatic rings. The highest BCUT2D eigenvalue weighted by molar-refractivity contribution is 6.34. The van der Waals surface area contributed by atoms with Crippen molar-refractivity contribution in [3.8, 4) is 5.75 Å². The summed E-state index contributed by atoms with van der Waals surface area (Å²) in [4.78, 5) is 31.7. The molecule has 0 saturated carbocycles. The van der Waals surface area contributed by atoms with Gasteiger partial charge in [0.05, 0.1) is 18.6 Å². The van der Waals surface area contributed by atoms with Gasteiger partial charge in [-0.25, -0.2) is 0 Å². The van der Waals surface area contributed by atoms with Gasteiger partial charge in [0.25, 0.3) is 5.69 Å². The Bertz CT molecular complexity index is 531. The number of nitrogens with zero attached hydrogens (tertiary/aromatic N) is 1. The number of hydrogen-bond acceptors (Lipinski definition) is 6. The van der Waals surface area contributed by atoms with Crippen molar-refractivity contribution in [2.75, 3.05) is 13.7 Å². The van der Waals surface area contributed by atoms with Gasteiger partial charge in [0.2, 0.25) is 0 Å². The maximum absolute atomic E-state index is 10.9. The van der Waals surface area contributed by atoms with Crippen LogP contribution in [-0.4, -0.2) is 30.9 Å². The van der Waals surface area contributed by atoms with Crippen molar-refractivity contribution < 1.29 is 24.0 Å². The van der Waals surface area contributed by atoms with Crippen LogP contribution in [0.1, 0.15) is 23.2 Å². The van der Waals surface area contributed by atoms with Crippen LogP contribution in [0.5, 0.6) is 5.75 Å². The fourth-order valence-electron chi connectivity index (χ4n) is 1.41. The minimum absolute atomic E-state index is 0.0350. The van der Waals surface area contributed by atoms with Crippen LogP contribution >= 0.6 is 11.6 Å². The SMILES string of the molecule is COC(=O)CCCOc1cc(C=O)cc([N+](=O)[O-])c1Cl. The van der Waals surface area contributed by atoms with Crippen LogP contribution in [0.4, 0.5) is 5.69 Å².